The molecule has 1 aromatic heterocycles. The Hall–Kier alpha value is -2.32. The van der Waals surface area contributed by atoms with E-state index in [9.17, 15) is 9.59 Å². The third-order valence-electron chi connectivity index (χ3n) is 6.61. The van der Waals surface area contributed by atoms with Crippen LogP contribution in [0.25, 0.3) is 0 Å². The van der Waals surface area contributed by atoms with Crippen molar-refractivity contribution in [2.45, 2.75) is 36.8 Å². The molecule has 182 valence electrons. The van der Waals surface area contributed by atoms with Gasteiger partial charge in [0.1, 0.15) is 11.4 Å². The Kier molecular flexibility index (Phi) is 7.78. The van der Waals surface area contributed by atoms with E-state index in [1.54, 1.807) is 46.2 Å². The molecule has 3 heterocycles. The fraction of sp³-hybridized carbons (Fsp3) is 0.333. The average Bonchev–Trinajstić information content (AvgIpc) is 3.56. The Morgan fingerprint density at radius 2 is 1.71 bits per heavy atom. The molecule has 2 aromatic carbocycles. The van der Waals surface area contributed by atoms with Crippen molar-refractivity contribution in [3.05, 3.63) is 93.1 Å². The molecule has 5 rings (SSSR count). The third kappa shape index (κ3) is 5.59. The number of benzene rings is 2. The molecule has 2 fully saturated rings. The minimum atomic E-state index is -0.529. The SMILES string of the molecule is O=C(NC1CCN(Cc2ccccc2)CC1)C1CSC(c2cccs2)N1C(=O)c1ccccc1Cl. The van der Waals surface area contributed by atoms with Crippen LogP contribution in [0.3, 0.4) is 0 Å². The second kappa shape index (κ2) is 11.2. The Balaban J connectivity index is 1.26. The zero-order valence-electron chi connectivity index (χ0n) is 19.3. The molecule has 2 atom stereocenters. The zero-order valence-corrected chi connectivity index (χ0v) is 21.7. The number of carbonyl (C=O) groups is 2. The van der Waals surface area contributed by atoms with Crippen molar-refractivity contribution >= 4 is 46.5 Å². The highest BCUT2D eigenvalue weighted by atomic mass is 35.5. The van der Waals surface area contributed by atoms with Gasteiger partial charge in [0.05, 0.1) is 10.6 Å². The summed E-state index contributed by atoms with van der Waals surface area (Å²) in [6.45, 7) is 2.82. The number of hydrogen-bond donors (Lipinski definition) is 1. The summed E-state index contributed by atoms with van der Waals surface area (Å²) in [7, 11) is 0. The highest BCUT2D eigenvalue weighted by Gasteiger charge is 2.44. The van der Waals surface area contributed by atoms with Crippen molar-refractivity contribution in [3.63, 3.8) is 0 Å². The largest absolute Gasteiger partial charge is 0.351 e. The first-order chi connectivity index (χ1) is 17.1. The van der Waals surface area contributed by atoms with Gasteiger partial charge in [-0.1, -0.05) is 60.1 Å². The molecule has 0 saturated carbocycles. The van der Waals surface area contributed by atoms with Gasteiger partial charge in [-0.05, 0) is 42.0 Å². The number of amides is 2. The molecular formula is C27H28ClN3O2S2. The Bertz CT molecular complexity index is 1150. The first-order valence-corrected chi connectivity index (χ1v) is 14.2. The summed E-state index contributed by atoms with van der Waals surface area (Å²) in [5.41, 5.74) is 1.75. The molecule has 3 aromatic rings. The summed E-state index contributed by atoms with van der Waals surface area (Å²) in [6.07, 6.45) is 1.82. The molecule has 8 heteroatoms. The van der Waals surface area contributed by atoms with Gasteiger partial charge in [-0.25, -0.2) is 0 Å². The van der Waals surface area contributed by atoms with E-state index in [1.807, 2.05) is 29.6 Å². The molecule has 0 radical (unpaired) electrons. The van der Waals surface area contributed by atoms with E-state index in [2.05, 4.69) is 34.5 Å². The number of hydrogen-bond acceptors (Lipinski definition) is 5. The zero-order chi connectivity index (χ0) is 24.2. The molecule has 0 bridgehead atoms. The number of carbonyl (C=O) groups excluding carboxylic acids is 2. The van der Waals surface area contributed by atoms with Crippen molar-refractivity contribution in [3.8, 4) is 0 Å². The standard InChI is InChI=1S/C27H28ClN3O2S2/c28-22-10-5-4-9-21(22)26(33)31-23(18-35-27(31)24-11-6-16-34-24)25(32)29-20-12-14-30(15-13-20)17-19-7-2-1-3-8-19/h1-11,16,20,23,27H,12-15,17-18H2,(H,29,32). The maximum atomic E-state index is 13.6. The van der Waals surface area contributed by atoms with E-state index >= 15 is 0 Å². The first kappa shape index (κ1) is 24.4. The fourth-order valence-electron chi connectivity index (χ4n) is 4.76. The van der Waals surface area contributed by atoms with Crippen LogP contribution in [-0.4, -0.2) is 52.5 Å². The van der Waals surface area contributed by atoms with E-state index in [0.717, 1.165) is 37.4 Å². The molecule has 1 N–H and O–H groups in total. The van der Waals surface area contributed by atoms with E-state index in [1.165, 1.54) is 5.56 Å². The van der Waals surface area contributed by atoms with Crippen LogP contribution in [0.5, 0.6) is 0 Å². The summed E-state index contributed by atoms with van der Waals surface area (Å²) < 4.78 is 0. The summed E-state index contributed by atoms with van der Waals surface area (Å²) in [4.78, 5) is 32.4. The molecular weight excluding hydrogens is 498 g/mol. The molecule has 2 saturated heterocycles. The van der Waals surface area contributed by atoms with Crippen molar-refractivity contribution in [1.82, 2.24) is 15.1 Å². The smallest absolute Gasteiger partial charge is 0.257 e. The molecule has 35 heavy (non-hydrogen) atoms. The Morgan fingerprint density at radius 1 is 0.971 bits per heavy atom. The third-order valence-corrected chi connectivity index (χ3v) is 9.32. The van der Waals surface area contributed by atoms with Crippen LogP contribution in [0.4, 0.5) is 0 Å². The fourth-order valence-corrected chi connectivity index (χ4v) is 7.37. The predicted octanol–water partition coefficient (Wildman–Crippen LogP) is 5.44. The van der Waals surface area contributed by atoms with E-state index in [4.69, 9.17) is 11.6 Å². The van der Waals surface area contributed by atoms with E-state index < -0.39 is 6.04 Å². The number of likely N-dealkylation sites (tertiary alicyclic amines) is 1. The van der Waals surface area contributed by atoms with Crippen molar-refractivity contribution in [2.24, 2.45) is 0 Å². The number of halogens is 1. The van der Waals surface area contributed by atoms with Crippen LogP contribution in [0, 0.1) is 0 Å². The number of piperidine rings is 1. The summed E-state index contributed by atoms with van der Waals surface area (Å²) in [5.74, 6) is 0.299. The van der Waals surface area contributed by atoms with Crippen LogP contribution in [0.1, 0.15) is 39.0 Å². The van der Waals surface area contributed by atoms with Gasteiger partial charge in [0.2, 0.25) is 5.91 Å². The maximum absolute atomic E-state index is 13.6. The van der Waals surface area contributed by atoms with Gasteiger partial charge in [-0.3, -0.25) is 14.5 Å². The topological polar surface area (TPSA) is 52.7 Å². The lowest BCUT2D eigenvalue weighted by Gasteiger charge is -2.34. The average molecular weight is 526 g/mol. The monoisotopic (exact) mass is 525 g/mol. The van der Waals surface area contributed by atoms with Crippen LogP contribution < -0.4 is 5.32 Å². The van der Waals surface area contributed by atoms with Crippen LogP contribution in [0.2, 0.25) is 5.02 Å². The van der Waals surface area contributed by atoms with Gasteiger partial charge < -0.3 is 10.2 Å². The van der Waals surface area contributed by atoms with E-state index in [0.29, 0.717) is 16.3 Å². The predicted molar refractivity (Wildman–Crippen MR) is 144 cm³/mol. The van der Waals surface area contributed by atoms with Crippen molar-refractivity contribution in [2.75, 3.05) is 18.8 Å². The molecule has 5 nitrogen and oxygen atoms in total. The number of nitrogens with one attached hydrogen (secondary N) is 1. The number of rotatable bonds is 6. The second-order valence-corrected chi connectivity index (χ2v) is 11.5. The maximum Gasteiger partial charge on any atom is 0.257 e. The quantitative estimate of drug-likeness (QED) is 0.465. The molecule has 2 aliphatic heterocycles. The van der Waals surface area contributed by atoms with Crippen LogP contribution >= 0.6 is 34.7 Å². The minimum Gasteiger partial charge on any atom is -0.351 e. The van der Waals surface area contributed by atoms with Crippen molar-refractivity contribution < 1.29 is 9.59 Å². The van der Waals surface area contributed by atoms with Gasteiger partial charge in [-0.2, -0.15) is 0 Å². The molecule has 0 spiro atoms. The van der Waals surface area contributed by atoms with Gasteiger partial charge in [0.25, 0.3) is 5.91 Å². The number of nitrogens with zero attached hydrogens (tertiary/aromatic N) is 2. The van der Waals surface area contributed by atoms with E-state index in [-0.39, 0.29) is 23.2 Å². The lowest BCUT2D eigenvalue weighted by atomic mass is 10.0. The Morgan fingerprint density at radius 3 is 2.43 bits per heavy atom. The Labute approximate surface area is 219 Å². The summed E-state index contributed by atoms with van der Waals surface area (Å²) >= 11 is 9.61. The normalized spacial score (nSPS) is 21.2. The minimum absolute atomic E-state index is 0.0709. The highest BCUT2D eigenvalue weighted by Crippen LogP contribution is 2.44. The number of thiophene rings is 1. The molecule has 2 unspecified atom stereocenters. The molecule has 0 aliphatic carbocycles. The van der Waals surface area contributed by atoms with Gasteiger partial charge in [-0.15, -0.1) is 23.1 Å². The van der Waals surface area contributed by atoms with Crippen molar-refractivity contribution in [1.29, 1.82) is 0 Å². The van der Waals surface area contributed by atoms with Gasteiger partial charge >= 0.3 is 0 Å². The highest BCUT2D eigenvalue weighted by molar-refractivity contribution is 7.99. The van der Waals surface area contributed by atoms with Crippen LogP contribution in [0.15, 0.2) is 72.1 Å². The first-order valence-electron chi connectivity index (χ1n) is 11.9. The number of thioether (sulfide) groups is 1. The van der Waals surface area contributed by atoms with Gasteiger partial charge in [0.15, 0.2) is 0 Å². The molecule has 2 amide bonds. The van der Waals surface area contributed by atoms with Crippen LogP contribution in [-0.2, 0) is 11.3 Å². The lowest BCUT2D eigenvalue weighted by molar-refractivity contribution is -0.125. The molecule has 2 aliphatic rings. The van der Waals surface area contributed by atoms with Gasteiger partial charge in [0, 0.05) is 36.3 Å². The summed E-state index contributed by atoms with van der Waals surface area (Å²) in [6, 6.07) is 21.2. The lowest BCUT2D eigenvalue weighted by Crippen LogP contribution is -2.52. The second-order valence-electron chi connectivity index (χ2n) is 8.95. The summed E-state index contributed by atoms with van der Waals surface area (Å²) in [5, 5.41) is 5.48.